The fourth-order valence-electron chi connectivity index (χ4n) is 2.99. The van der Waals surface area contributed by atoms with E-state index in [0.29, 0.717) is 0 Å². The van der Waals surface area contributed by atoms with Gasteiger partial charge in [-0.05, 0) is 5.82 Å². The summed E-state index contributed by atoms with van der Waals surface area (Å²) in [6.07, 6.45) is 21.6. The molecule has 0 spiro atoms. The first kappa shape index (κ1) is 22.0. The zero-order valence-electron chi connectivity index (χ0n) is 15.4. The second kappa shape index (κ2) is 17.3. The molecule has 0 bridgehead atoms. The average molecular weight is 312 g/mol. The Kier molecular flexibility index (Phi) is 17.3. The van der Waals surface area contributed by atoms with Crippen molar-refractivity contribution in [1.29, 1.82) is 0 Å². The molecule has 1 atom stereocenters. The summed E-state index contributed by atoms with van der Waals surface area (Å²) >= 11 is 0. The van der Waals surface area contributed by atoms with Crippen molar-refractivity contribution in [3.63, 3.8) is 0 Å². The van der Waals surface area contributed by atoms with Crippen LogP contribution in [0.4, 0.5) is 0 Å². The van der Waals surface area contributed by atoms with Crippen LogP contribution < -0.4 is 0 Å². The van der Waals surface area contributed by atoms with Crippen LogP contribution in [0.25, 0.3) is 0 Å². The Morgan fingerprint density at radius 3 is 1.23 bits per heavy atom. The summed E-state index contributed by atoms with van der Waals surface area (Å²) in [6.45, 7) is 4.19. The molecule has 2 nitrogen and oxygen atoms in total. The zero-order chi connectivity index (χ0) is 16.5. The maximum absolute atomic E-state index is 8.99. The summed E-state index contributed by atoms with van der Waals surface area (Å²) in [5.41, 5.74) is 0. The Morgan fingerprint density at radius 1 is 0.591 bits per heavy atom. The van der Waals surface area contributed by atoms with Gasteiger partial charge in [0.05, 0.1) is 0 Å². The SMILES string of the molecule is CCCCCCCCCCCCCCCCCC(C)B(O)O. The third-order valence-electron chi connectivity index (χ3n) is 4.77. The average Bonchev–Trinajstić information content (AvgIpc) is 2.50. The summed E-state index contributed by atoms with van der Waals surface area (Å²) in [5.74, 6) is 0.0296. The Balaban J connectivity index is 3.03. The number of hydrogen-bond acceptors (Lipinski definition) is 2. The molecule has 0 aliphatic heterocycles. The van der Waals surface area contributed by atoms with Crippen LogP contribution in [-0.4, -0.2) is 17.2 Å². The minimum Gasteiger partial charge on any atom is -0.427 e. The quantitative estimate of drug-likeness (QED) is 0.251. The van der Waals surface area contributed by atoms with E-state index in [4.69, 9.17) is 10.0 Å². The highest BCUT2D eigenvalue weighted by Crippen LogP contribution is 2.17. The highest BCUT2D eigenvalue weighted by molar-refractivity contribution is 6.42. The molecule has 0 fully saturated rings. The molecule has 0 aromatic carbocycles. The molecule has 3 heteroatoms. The predicted octanol–water partition coefficient (Wildman–Crippen LogP) is 6.11. The molecule has 0 radical (unpaired) electrons. The molecule has 0 heterocycles. The van der Waals surface area contributed by atoms with Gasteiger partial charge in [0.2, 0.25) is 0 Å². The number of hydrogen-bond donors (Lipinski definition) is 2. The van der Waals surface area contributed by atoms with Crippen LogP contribution in [-0.2, 0) is 0 Å². The Hall–Kier alpha value is -0.0151. The van der Waals surface area contributed by atoms with E-state index >= 15 is 0 Å². The minimum atomic E-state index is -1.13. The van der Waals surface area contributed by atoms with Gasteiger partial charge < -0.3 is 10.0 Å². The van der Waals surface area contributed by atoms with Gasteiger partial charge in [-0.25, -0.2) is 0 Å². The fraction of sp³-hybridized carbons (Fsp3) is 1.00. The van der Waals surface area contributed by atoms with Crippen molar-refractivity contribution < 1.29 is 10.0 Å². The molecule has 22 heavy (non-hydrogen) atoms. The van der Waals surface area contributed by atoms with E-state index in [-0.39, 0.29) is 5.82 Å². The molecule has 0 saturated heterocycles. The molecule has 0 aliphatic rings. The van der Waals surface area contributed by atoms with Gasteiger partial charge in [0, 0.05) is 0 Å². The molecule has 0 aromatic rings. The van der Waals surface area contributed by atoms with Gasteiger partial charge in [-0.3, -0.25) is 0 Å². The lowest BCUT2D eigenvalue weighted by Gasteiger charge is -2.09. The summed E-state index contributed by atoms with van der Waals surface area (Å²) in [7, 11) is -1.13. The minimum absolute atomic E-state index is 0.0296. The molecule has 132 valence electrons. The standard InChI is InChI=1S/C19H41BO2/c1-3-4-5-6-7-8-9-10-11-12-13-14-15-16-17-18-19(2)20(21)22/h19,21-22H,3-18H2,1-2H3. The number of rotatable bonds is 17. The third kappa shape index (κ3) is 16.4. The summed E-state index contributed by atoms with van der Waals surface area (Å²) in [6, 6.07) is 0. The zero-order valence-corrected chi connectivity index (χ0v) is 15.4. The van der Waals surface area contributed by atoms with E-state index in [1.165, 1.54) is 89.9 Å². The van der Waals surface area contributed by atoms with Crippen LogP contribution >= 0.6 is 0 Å². The molecular formula is C19H41BO2. The topological polar surface area (TPSA) is 40.5 Å². The van der Waals surface area contributed by atoms with Gasteiger partial charge >= 0.3 is 7.12 Å². The van der Waals surface area contributed by atoms with Crippen LogP contribution in [0, 0.1) is 0 Å². The van der Waals surface area contributed by atoms with Crippen molar-refractivity contribution in [3.8, 4) is 0 Å². The van der Waals surface area contributed by atoms with Gasteiger partial charge in [-0.2, -0.15) is 0 Å². The lowest BCUT2D eigenvalue weighted by Crippen LogP contribution is -2.17. The molecule has 0 rings (SSSR count). The normalized spacial score (nSPS) is 12.5. The first-order valence-corrected chi connectivity index (χ1v) is 10.0. The molecule has 0 amide bonds. The monoisotopic (exact) mass is 312 g/mol. The van der Waals surface area contributed by atoms with Crippen LogP contribution in [0.1, 0.15) is 117 Å². The first-order chi connectivity index (χ1) is 10.7. The molecule has 1 unspecified atom stereocenters. The number of unbranched alkanes of at least 4 members (excludes halogenated alkanes) is 14. The lowest BCUT2D eigenvalue weighted by molar-refractivity contribution is 0.380. The van der Waals surface area contributed by atoms with Gasteiger partial charge in [0.15, 0.2) is 0 Å². The highest BCUT2D eigenvalue weighted by Gasteiger charge is 2.16. The maximum Gasteiger partial charge on any atom is 0.454 e. The van der Waals surface area contributed by atoms with Crippen LogP contribution in [0.2, 0.25) is 5.82 Å². The summed E-state index contributed by atoms with van der Waals surface area (Å²) in [4.78, 5) is 0. The predicted molar refractivity (Wildman–Crippen MR) is 99.2 cm³/mol. The molecule has 0 aromatic heterocycles. The van der Waals surface area contributed by atoms with Crippen molar-refractivity contribution in [2.45, 2.75) is 122 Å². The summed E-state index contributed by atoms with van der Waals surface area (Å²) < 4.78 is 0. The van der Waals surface area contributed by atoms with Crippen molar-refractivity contribution in [2.75, 3.05) is 0 Å². The third-order valence-corrected chi connectivity index (χ3v) is 4.77. The Bertz CT molecular complexity index is 210. The Labute approximate surface area is 140 Å². The van der Waals surface area contributed by atoms with E-state index in [1.54, 1.807) is 0 Å². The van der Waals surface area contributed by atoms with Crippen molar-refractivity contribution in [1.82, 2.24) is 0 Å². The molecule has 0 aliphatic carbocycles. The molecular weight excluding hydrogens is 271 g/mol. The van der Waals surface area contributed by atoms with Crippen LogP contribution in [0.5, 0.6) is 0 Å². The fourth-order valence-corrected chi connectivity index (χ4v) is 2.99. The first-order valence-electron chi connectivity index (χ1n) is 10.0. The van der Waals surface area contributed by atoms with E-state index in [0.717, 1.165) is 12.8 Å². The second-order valence-corrected chi connectivity index (χ2v) is 7.13. The lowest BCUT2D eigenvalue weighted by atomic mass is 9.71. The van der Waals surface area contributed by atoms with E-state index in [1.807, 2.05) is 6.92 Å². The van der Waals surface area contributed by atoms with E-state index < -0.39 is 7.12 Å². The van der Waals surface area contributed by atoms with Gasteiger partial charge in [0.1, 0.15) is 0 Å². The molecule has 0 saturated carbocycles. The van der Waals surface area contributed by atoms with Crippen molar-refractivity contribution >= 4 is 7.12 Å². The highest BCUT2D eigenvalue weighted by atomic mass is 16.4. The molecule has 2 N–H and O–H groups in total. The van der Waals surface area contributed by atoms with Gasteiger partial charge in [-0.1, -0.05) is 117 Å². The van der Waals surface area contributed by atoms with E-state index in [2.05, 4.69) is 6.92 Å². The summed E-state index contributed by atoms with van der Waals surface area (Å²) in [5, 5.41) is 18.0. The van der Waals surface area contributed by atoms with Crippen molar-refractivity contribution in [3.05, 3.63) is 0 Å². The van der Waals surface area contributed by atoms with Crippen LogP contribution in [0.15, 0.2) is 0 Å². The van der Waals surface area contributed by atoms with Crippen LogP contribution in [0.3, 0.4) is 0 Å². The largest absolute Gasteiger partial charge is 0.454 e. The smallest absolute Gasteiger partial charge is 0.427 e. The maximum atomic E-state index is 8.99. The Morgan fingerprint density at radius 2 is 0.909 bits per heavy atom. The second-order valence-electron chi connectivity index (χ2n) is 7.13. The van der Waals surface area contributed by atoms with Crippen molar-refractivity contribution in [2.24, 2.45) is 0 Å². The van der Waals surface area contributed by atoms with Gasteiger partial charge in [-0.15, -0.1) is 0 Å². The van der Waals surface area contributed by atoms with E-state index in [9.17, 15) is 0 Å². The van der Waals surface area contributed by atoms with Gasteiger partial charge in [0.25, 0.3) is 0 Å².